The summed E-state index contributed by atoms with van der Waals surface area (Å²) in [6.45, 7) is 3.60. The van der Waals surface area contributed by atoms with Gasteiger partial charge in [-0.2, -0.15) is 4.98 Å². The van der Waals surface area contributed by atoms with Crippen LogP contribution in [-0.4, -0.2) is 42.3 Å². The van der Waals surface area contributed by atoms with Gasteiger partial charge >= 0.3 is 5.97 Å². The van der Waals surface area contributed by atoms with Crippen molar-refractivity contribution in [3.63, 3.8) is 0 Å². The van der Waals surface area contributed by atoms with Crippen LogP contribution in [0.5, 0.6) is 11.5 Å². The van der Waals surface area contributed by atoms with E-state index in [4.69, 9.17) is 18.7 Å². The molecule has 1 heterocycles. The monoisotopic (exact) mass is 453 g/mol. The largest absolute Gasteiger partial charge is 0.493 e. The number of rotatable bonds is 10. The van der Waals surface area contributed by atoms with Crippen molar-refractivity contribution in [3.05, 3.63) is 60.0 Å². The molecule has 0 aliphatic carbocycles. The summed E-state index contributed by atoms with van der Waals surface area (Å²) in [6, 6.07) is 13.1. The molecule has 174 valence electrons. The van der Waals surface area contributed by atoms with Crippen molar-refractivity contribution in [1.29, 1.82) is 0 Å². The number of nitrogens with one attached hydrogen (secondary N) is 1. The molecule has 1 aromatic heterocycles. The number of carbonyl (C=O) groups is 2. The lowest BCUT2D eigenvalue weighted by molar-refractivity contribution is -0.149. The number of carbonyl (C=O) groups excluding carboxylic acids is 2. The van der Waals surface area contributed by atoms with Gasteiger partial charge < -0.3 is 24.1 Å². The van der Waals surface area contributed by atoms with Gasteiger partial charge in [-0.3, -0.25) is 4.79 Å². The molecule has 9 heteroatoms. The van der Waals surface area contributed by atoms with Gasteiger partial charge in [0.1, 0.15) is 6.04 Å². The van der Waals surface area contributed by atoms with E-state index in [1.807, 2.05) is 19.9 Å². The molecule has 3 rings (SSSR count). The molecule has 0 saturated carbocycles. The van der Waals surface area contributed by atoms with Gasteiger partial charge in [-0.1, -0.05) is 43.6 Å². The second-order valence-electron chi connectivity index (χ2n) is 7.39. The third-order valence-electron chi connectivity index (χ3n) is 5.24. The van der Waals surface area contributed by atoms with E-state index in [1.165, 1.54) is 7.11 Å². The van der Waals surface area contributed by atoms with E-state index in [0.717, 1.165) is 0 Å². The topological polar surface area (TPSA) is 113 Å². The number of amides is 1. The lowest BCUT2D eigenvalue weighted by Gasteiger charge is -2.22. The van der Waals surface area contributed by atoms with E-state index in [-0.39, 0.29) is 24.3 Å². The van der Waals surface area contributed by atoms with Crippen molar-refractivity contribution in [1.82, 2.24) is 15.5 Å². The zero-order valence-corrected chi connectivity index (χ0v) is 19.0. The molecular weight excluding hydrogens is 426 g/mol. The molecule has 0 bridgehead atoms. The van der Waals surface area contributed by atoms with Gasteiger partial charge in [0, 0.05) is 11.1 Å². The molecule has 9 nitrogen and oxygen atoms in total. The van der Waals surface area contributed by atoms with Crippen LogP contribution in [0.4, 0.5) is 0 Å². The minimum atomic E-state index is -0.809. The van der Waals surface area contributed by atoms with Gasteiger partial charge in [0.25, 0.3) is 11.8 Å². The van der Waals surface area contributed by atoms with Gasteiger partial charge in [0.15, 0.2) is 18.1 Å². The van der Waals surface area contributed by atoms with E-state index >= 15 is 0 Å². The van der Waals surface area contributed by atoms with Crippen LogP contribution in [0.3, 0.4) is 0 Å². The van der Waals surface area contributed by atoms with Crippen LogP contribution in [0.25, 0.3) is 11.4 Å². The molecule has 0 aliphatic rings. The van der Waals surface area contributed by atoms with Gasteiger partial charge in [0.2, 0.25) is 5.82 Å². The van der Waals surface area contributed by atoms with Crippen molar-refractivity contribution in [3.8, 4) is 22.9 Å². The van der Waals surface area contributed by atoms with Crippen molar-refractivity contribution in [2.45, 2.75) is 32.9 Å². The van der Waals surface area contributed by atoms with Crippen LogP contribution < -0.4 is 14.8 Å². The number of hydrogen-bond acceptors (Lipinski definition) is 8. The summed E-state index contributed by atoms with van der Waals surface area (Å²) in [7, 11) is 3.08. The number of hydrogen-bond donors (Lipinski definition) is 1. The molecule has 1 amide bonds. The quantitative estimate of drug-likeness (QED) is 0.463. The third-order valence-corrected chi connectivity index (χ3v) is 5.24. The highest BCUT2D eigenvalue weighted by atomic mass is 16.6. The van der Waals surface area contributed by atoms with Crippen molar-refractivity contribution >= 4 is 11.9 Å². The first kappa shape index (κ1) is 23.8. The summed E-state index contributed by atoms with van der Waals surface area (Å²) in [5.41, 5.74) is 1.12. The highest BCUT2D eigenvalue weighted by Gasteiger charge is 2.28. The average molecular weight is 453 g/mol. The molecule has 0 fully saturated rings. The zero-order valence-electron chi connectivity index (χ0n) is 19.0. The first-order valence-electron chi connectivity index (χ1n) is 10.5. The molecule has 0 spiro atoms. The number of aromatic nitrogens is 2. The average Bonchev–Trinajstić information content (AvgIpc) is 3.34. The molecule has 33 heavy (non-hydrogen) atoms. The van der Waals surface area contributed by atoms with Crippen LogP contribution in [0, 0.1) is 5.92 Å². The van der Waals surface area contributed by atoms with Gasteiger partial charge in [0.05, 0.1) is 14.2 Å². The Hall–Kier alpha value is -3.88. The van der Waals surface area contributed by atoms with Crippen molar-refractivity contribution < 1.29 is 28.3 Å². The highest BCUT2D eigenvalue weighted by Crippen LogP contribution is 2.31. The Morgan fingerprint density at radius 2 is 1.79 bits per heavy atom. The van der Waals surface area contributed by atoms with E-state index < -0.39 is 12.0 Å². The zero-order chi connectivity index (χ0) is 23.8. The summed E-state index contributed by atoms with van der Waals surface area (Å²) >= 11 is 0. The first-order chi connectivity index (χ1) is 16.0. The van der Waals surface area contributed by atoms with Crippen molar-refractivity contribution in [2.75, 3.05) is 14.2 Å². The molecule has 2 unspecified atom stereocenters. The Morgan fingerprint density at radius 3 is 2.45 bits per heavy atom. The smallest absolute Gasteiger partial charge is 0.329 e. The maximum Gasteiger partial charge on any atom is 0.329 e. The number of methoxy groups -OCH3 is 2. The summed E-state index contributed by atoms with van der Waals surface area (Å²) in [4.78, 5) is 29.6. The molecule has 1 N–H and O–H groups in total. The van der Waals surface area contributed by atoms with E-state index in [2.05, 4.69) is 15.5 Å². The standard InChI is InChI=1S/C24H27N3O6/c1-5-15(2)21(26-23(28)16-9-7-6-8-10-16)24(29)32-14-20-25-22(27-33-20)17-11-12-18(30-3)19(13-17)31-4/h6-13,15,21H,5,14H2,1-4H3,(H,26,28). The van der Waals surface area contributed by atoms with Crippen LogP contribution in [0.15, 0.2) is 53.1 Å². The minimum absolute atomic E-state index is 0.129. The van der Waals surface area contributed by atoms with Crippen LogP contribution in [0.2, 0.25) is 0 Å². The lowest BCUT2D eigenvalue weighted by Crippen LogP contribution is -2.45. The third kappa shape index (κ3) is 5.88. The second-order valence-corrected chi connectivity index (χ2v) is 7.39. The number of ether oxygens (including phenoxy) is 3. The lowest BCUT2D eigenvalue weighted by atomic mass is 9.99. The Bertz CT molecular complexity index is 1080. The summed E-state index contributed by atoms with van der Waals surface area (Å²) < 4.78 is 21.1. The first-order valence-corrected chi connectivity index (χ1v) is 10.5. The van der Waals surface area contributed by atoms with Gasteiger partial charge in [-0.25, -0.2) is 4.79 Å². The summed E-state index contributed by atoms with van der Waals surface area (Å²) in [5.74, 6) is 0.509. The normalized spacial score (nSPS) is 12.5. The van der Waals surface area contributed by atoms with Gasteiger partial charge in [-0.15, -0.1) is 0 Å². The van der Waals surface area contributed by atoms with Gasteiger partial charge in [-0.05, 0) is 36.2 Å². The van der Waals surface area contributed by atoms with E-state index in [1.54, 1.807) is 49.6 Å². The molecule has 0 aliphatic heterocycles. The van der Waals surface area contributed by atoms with Crippen molar-refractivity contribution in [2.24, 2.45) is 5.92 Å². The molecule has 0 saturated heterocycles. The molecule has 2 atom stereocenters. The van der Waals surface area contributed by atoms with Crippen LogP contribution >= 0.6 is 0 Å². The predicted molar refractivity (Wildman–Crippen MR) is 120 cm³/mol. The fourth-order valence-electron chi connectivity index (χ4n) is 3.11. The Labute approximate surface area is 192 Å². The number of nitrogens with zero attached hydrogens (tertiary/aromatic N) is 2. The Balaban J connectivity index is 1.66. The maximum absolute atomic E-state index is 12.8. The second kappa shape index (κ2) is 11.1. The van der Waals surface area contributed by atoms with Crippen LogP contribution in [-0.2, 0) is 16.1 Å². The minimum Gasteiger partial charge on any atom is -0.493 e. The predicted octanol–water partition coefficient (Wildman–Crippen LogP) is 3.64. The number of esters is 1. The van der Waals surface area contributed by atoms with Crippen LogP contribution in [0.1, 0.15) is 36.5 Å². The Kier molecular flexibility index (Phi) is 8.01. The molecule has 3 aromatic rings. The van der Waals surface area contributed by atoms with E-state index in [9.17, 15) is 9.59 Å². The molecule has 2 aromatic carbocycles. The van der Waals surface area contributed by atoms with E-state index in [0.29, 0.717) is 34.9 Å². The summed E-state index contributed by atoms with van der Waals surface area (Å²) in [5, 5.41) is 6.70. The number of benzene rings is 2. The maximum atomic E-state index is 12.8. The molecule has 0 radical (unpaired) electrons. The fourth-order valence-corrected chi connectivity index (χ4v) is 3.11. The summed E-state index contributed by atoms with van der Waals surface area (Å²) in [6.07, 6.45) is 0.679. The SMILES string of the molecule is CCC(C)C(NC(=O)c1ccccc1)C(=O)OCc1nc(-c2ccc(OC)c(OC)c2)no1. The molecular formula is C24H27N3O6. The fraction of sp³-hybridized carbons (Fsp3) is 0.333. The Morgan fingerprint density at radius 1 is 1.06 bits per heavy atom. The highest BCUT2D eigenvalue weighted by molar-refractivity contribution is 5.96.